The lowest BCUT2D eigenvalue weighted by Crippen LogP contribution is -2.52. The molecule has 124 valence electrons. The molecule has 7 nitrogen and oxygen atoms in total. The van der Waals surface area contributed by atoms with Gasteiger partial charge in [-0.05, 0) is 26.7 Å². The lowest BCUT2D eigenvalue weighted by molar-refractivity contribution is 0.00537. The molecule has 1 unspecified atom stereocenters. The number of piperidine rings is 1. The Labute approximate surface area is 131 Å². The molecule has 0 radical (unpaired) electrons. The van der Waals surface area contributed by atoms with Gasteiger partial charge in [-0.1, -0.05) is 5.16 Å². The smallest absolute Gasteiger partial charge is 0.248 e. The van der Waals surface area contributed by atoms with Crippen molar-refractivity contribution < 1.29 is 17.7 Å². The first-order valence-corrected chi connectivity index (χ1v) is 9.19. The molecule has 3 rings (SSSR count). The number of rotatable bonds is 3. The summed E-state index contributed by atoms with van der Waals surface area (Å²) >= 11 is 0. The molecule has 2 fully saturated rings. The van der Waals surface area contributed by atoms with Crippen LogP contribution in [-0.4, -0.2) is 68.2 Å². The minimum atomic E-state index is -3.53. The van der Waals surface area contributed by atoms with Gasteiger partial charge in [0.1, 0.15) is 10.6 Å². The van der Waals surface area contributed by atoms with Crippen LogP contribution in [0.25, 0.3) is 0 Å². The van der Waals surface area contributed by atoms with Gasteiger partial charge in [-0.25, -0.2) is 8.42 Å². The minimum absolute atomic E-state index is 0.232. The molecule has 8 heteroatoms. The monoisotopic (exact) mass is 329 g/mol. The van der Waals surface area contributed by atoms with E-state index in [1.165, 1.54) is 0 Å². The van der Waals surface area contributed by atoms with Crippen LogP contribution in [0.4, 0.5) is 0 Å². The van der Waals surface area contributed by atoms with Crippen LogP contribution in [0.2, 0.25) is 0 Å². The van der Waals surface area contributed by atoms with Crippen LogP contribution in [0.15, 0.2) is 9.42 Å². The molecule has 2 aliphatic rings. The summed E-state index contributed by atoms with van der Waals surface area (Å²) in [5, 5.41) is 3.78. The molecule has 0 bridgehead atoms. The molecule has 3 heterocycles. The second kappa shape index (κ2) is 6.27. The van der Waals surface area contributed by atoms with Crippen LogP contribution in [0.1, 0.15) is 24.3 Å². The van der Waals surface area contributed by atoms with Gasteiger partial charge < -0.3 is 9.26 Å². The molecule has 22 heavy (non-hydrogen) atoms. The first-order valence-electron chi connectivity index (χ1n) is 7.75. The van der Waals surface area contributed by atoms with Crippen molar-refractivity contribution in [1.82, 2.24) is 14.4 Å². The lowest BCUT2D eigenvalue weighted by Gasteiger charge is -2.40. The van der Waals surface area contributed by atoms with Crippen molar-refractivity contribution in [3.8, 4) is 0 Å². The average Bonchev–Trinajstić information content (AvgIpc) is 2.88. The number of aromatic nitrogens is 1. The van der Waals surface area contributed by atoms with Crippen LogP contribution in [-0.2, 0) is 14.8 Å². The molecule has 0 spiro atoms. The third-order valence-electron chi connectivity index (χ3n) is 4.49. The fourth-order valence-corrected chi connectivity index (χ4v) is 5.16. The van der Waals surface area contributed by atoms with E-state index in [2.05, 4.69) is 10.1 Å². The topological polar surface area (TPSA) is 75.9 Å². The van der Waals surface area contributed by atoms with Gasteiger partial charge in [-0.3, -0.25) is 4.90 Å². The maximum Gasteiger partial charge on any atom is 0.248 e. The van der Waals surface area contributed by atoms with E-state index in [1.807, 2.05) is 0 Å². The van der Waals surface area contributed by atoms with Gasteiger partial charge in [0.25, 0.3) is 0 Å². The van der Waals surface area contributed by atoms with Gasteiger partial charge in [0, 0.05) is 32.2 Å². The molecule has 0 aliphatic carbocycles. The van der Waals surface area contributed by atoms with E-state index in [9.17, 15) is 8.42 Å². The lowest BCUT2D eigenvalue weighted by atomic mass is 10.1. The number of nitrogens with zero attached hydrogens (tertiary/aromatic N) is 3. The van der Waals surface area contributed by atoms with Gasteiger partial charge >= 0.3 is 0 Å². The van der Waals surface area contributed by atoms with Crippen molar-refractivity contribution in [3.05, 3.63) is 11.5 Å². The highest BCUT2D eigenvalue weighted by Gasteiger charge is 2.36. The molecule has 0 saturated carbocycles. The Morgan fingerprint density at radius 2 is 1.91 bits per heavy atom. The van der Waals surface area contributed by atoms with Crippen LogP contribution >= 0.6 is 0 Å². The zero-order chi connectivity index (χ0) is 15.7. The second-order valence-corrected chi connectivity index (χ2v) is 7.84. The van der Waals surface area contributed by atoms with E-state index < -0.39 is 10.0 Å². The Balaban J connectivity index is 1.79. The Morgan fingerprint density at radius 1 is 1.18 bits per heavy atom. The van der Waals surface area contributed by atoms with E-state index in [-0.39, 0.29) is 10.9 Å². The molecule has 1 aromatic heterocycles. The molecular formula is C14H23N3O4S. The standard InChI is InChI=1S/C14H23N3O4S/c1-11-14(12(2)21-15-11)22(18,19)17-5-3-4-13(10-17)16-6-8-20-9-7-16/h13H,3-10H2,1-2H3. The van der Waals surface area contributed by atoms with Crippen molar-refractivity contribution in [2.45, 2.75) is 37.6 Å². The van der Waals surface area contributed by atoms with Gasteiger partial charge in [0.2, 0.25) is 10.0 Å². The van der Waals surface area contributed by atoms with Gasteiger partial charge in [0.15, 0.2) is 5.76 Å². The summed E-state index contributed by atoms with van der Waals surface area (Å²) in [6.45, 7) is 7.64. The summed E-state index contributed by atoms with van der Waals surface area (Å²) in [6, 6.07) is 0.271. The Hall–Kier alpha value is -0.960. The highest BCUT2D eigenvalue weighted by atomic mass is 32.2. The summed E-state index contributed by atoms with van der Waals surface area (Å²) in [5.74, 6) is 0.367. The van der Waals surface area contributed by atoms with Crippen LogP contribution < -0.4 is 0 Å². The first kappa shape index (κ1) is 15.9. The van der Waals surface area contributed by atoms with Crippen LogP contribution in [0.3, 0.4) is 0 Å². The maximum atomic E-state index is 12.9. The molecule has 0 N–H and O–H groups in total. The SMILES string of the molecule is Cc1noc(C)c1S(=O)(=O)N1CCCC(N2CCOCC2)C1. The zero-order valence-electron chi connectivity index (χ0n) is 13.1. The molecule has 0 amide bonds. The number of sulfonamides is 1. The highest BCUT2D eigenvalue weighted by Crippen LogP contribution is 2.27. The van der Waals surface area contributed by atoms with Crippen LogP contribution in [0.5, 0.6) is 0 Å². The quantitative estimate of drug-likeness (QED) is 0.815. The maximum absolute atomic E-state index is 12.9. The zero-order valence-corrected chi connectivity index (χ0v) is 13.9. The summed E-state index contributed by atoms with van der Waals surface area (Å²) in [5.41, 5.74) is 0.436. The summed E-state index contributed by atoms with van der Waals surface area (Å²) in [4.78, 5) is 2.58. The van der Waals surface area contributed by atoms with E-state index >= 15 is 0 Å². The average molecular weight is 329 g/mol. The number of hydrogen-bond donors (Lipinski definition) is 0. The minimum Gasteiger partial charge on any atom is -0.379 e. The third-order valence-corrected chi connectivity index (χ3v) is 6.60. The van der Waals surface area contributed by atoms with E-state index in [0.29, 0.717) is 24.5 Å². The number of aryl methyl sites for hydroxylation is 2. The summed E-state index contributed by atoms with van der Waals surface area (Å²) < 4.78 is 37.8. The van der Waals surface area contributed by atoms with Gasteiger partial charge in [-0.2, -0.15) is 4.31 Å². The van der Waals surface area contributed by atoms with Crippen LogP contribution in [0, 0.1) is 13.8 Å². The Morgan fingerprint density at radius 3 is 2.55 bits per heavy atom. The molecular weight excluding hydrogens is 306 g/mol. The number of morpholine rings is 1. The Kier molecular flexibility index (Phi) is 4.54. The summed E-state index contributed by atoms with van der Waals surface area (Å²) in [6.07, 6.45) is 1.91. The molecule has 0 aromatic carbocycles. The van der Waals surface area contributed by atoms with Crippen molar-refractivity contribution in [2.24, 2.45) is 0 Å². The summed E-state index contributed by atoms with van der Waals surface area (Å²) in [7, 11) is -3.53. The van der Waals surface area contributed by atoms with E-state index in [4.69, 9.17) is 9.26 Å². The second-order valence-electron chi connectivity index (χ2n) is 5.96. The number of hydrogen-bond acceptors (Lipinski definition) is 6. The normalized spacial score (nSPS) is 25.5. The molecule has 2 saturated heterocycles. The van der Waals surface area contributed by atoms with E-state index in [1.54, 1.807) is 18.2 Å². The van der Waals surface area contributed by atoms with Crippen molar-refractivity contribution in [3.63, 3.8) is 0 Å². The van der Waals surface area contributed by atoms with Gasteiger partial charge in [-0.15, -0.1) is 0 Å². The third kappa shape index (κ3) is 2.92. The Bertz CT molecular complexity index is 603. The predicted molar refractivity (Wildman–Crippen MR) is 80.1 cm³/mol. The van der Waals surface area contributed by atoms with Crippen molar-refractivity contribution >= 4 is 10.0 Å². The van der Waals surface area contributed by atoms with Gasteiger partial charge in [0.05, 0.1) is 13.2 Å². The highest BCUT2D eigenvalue weighted by molar-refractivity contribution is 7.89. The largest absolute Gasteiger partial charge is 0.379 e. The predicted octanol–water partition coefficient (Wildman–Crippen LogP) is 0.777. The first-order chi connectivity index (χ1) is 10.5. The van der Waals surface area contributed by atoms with Crippen molar-refractivity contribution in [1.29, 1.82) is 0 Å². The molecule has 1 atom stereocenters. The number of ether oxygens (including phenoxy) is 1. The molecule has 1 aromatic rings. The molecule has 2 aliphatic heterocycles. The fourth-order valence-electron chi connectivity index (χ4n) is 3.35. The van der Waals surface area contributed by atoms with Crippen molar-refractivity contribution in [2.75, 3.05) is 39.4 Å². The fraction of sp³-hybridized carbons (Fsp3) is 0.786. The van der Waals surface area contributed by atoms with E-state index in [0.717, 1.165) is 39.1 Å².